The van der Waals surface area contributed by atoms with E-state index in [-0.39, 0.29) is 5.56 Å². The van der Waals surface area contributed by atoms with Crippen molar-refractivity contribution in [2.24, 2.45) is 0 Å². The molecule has 1 saturated heterocycles. The number of benzene rings is 1. The van der Waals surface area contributed by atoms with Crippen LogP contribution in [0.2, 0.25) is 0 Å². The maximum absolute atomic E-state index is 15.2. The number of hydrogen-bond acceptors (Lipinski definition) is 6. The summed E-state index contributed by atoms with van der Waals surface area (Å²) in [6.45, 7) is 4.20. The molecular formula is C25H24F2N6O. The van der Waals surface area contributed by atoms with Gasteiger partial charge in [-0.05, 0) is 30.7 Å². The third-order valence-corrected chi connectivity index (χ3v) is 5.84. The predicted octanol–water partition coefficient (Wildman–Crippen LogP) is 3.02. The molecule has 0 saturated carbocycles. The van der Waals surface area contributed by atoms with E-state index in [9.17, 15) is 4.79 Å². The average Bonchev–Trinajstić information content (AvgIpc) is 2.84. The van der Waals surface area contributed by atoms with Crippen LogP contribution in [0.1, 0.15) is 23.0 Å². The minimum atomic E-state index is -0.941. The third kappa shape index (κ3) is 4.58. The molecule has 3 heterocycles. The van der Waals surface area contributed by atoms with Crippen LogP contribution in [0.3, 0.4) is 0 Å². The van der Waals surface area contributed by atoms with Crippen LogP contribution in [-0.2, 0) is 6.42 Å². The molecule has 1 amide bonds. The number of pyridine rings is 1. The molecule has 9 heteroatoms. The normalized spacial score (nSPS) is 14.1. The molecule has 0 aliphatic carbocycles. The number of hydrogen-bond donors (Lipinski definition) is 1. The Hall–Kier alpha value is -3.90. The first-order valence-corrected chi connectivity index (χ1v) is 10.9. The number of carbonyl (C=O) groups excluding carboxylic acids is 1. The zero-order valence-electron chi connectivity index (χ0n) is 18.8. The van der Waals surface area contributed by atoms with Crippen molar-refractivity contribution in [2.75, 3.05) is 38.5 Å². The van der Waals surface area contributed by atoms with Crippen molar-refractivity contribution in [1.29, 1.82) is 0 Å². The van der Waals surface area contributed by atoms with Crippen molar-refractivity contribution in [3.05, 3.63) is 59.7 Å². The van der Waals surface area contributed by atoms with Gasteiger partial charge >= 0.3 is 0 Å². The number of aromatic nitrogens is 3. The van der Waals surface area contributed by atoms with Gasteiger partial charge in [0.25, 0.3) is 5.91 Å². The molecule has 1 fully saturated rings. The fourth-order valence-corrected chi connectivity index (χ4v) is 4.08. The van der Waals surface area contributed by atoms with Gasteiger partial charge in [-0.25, -0.2) is 23.7 Å². The molecule has 4 rings (SSSR count). The number of halogens is 2. The summed E-state index contributed by atoms with van der Waals surface area (Å²) in [6, 6.07) is 5.67. The van der Waals surface area contributed by atoms with Gasteiger partial charge in [-0.1, -0.05) is 12.8 Å². The average molecular weight is 463 g/mol. The Morgan fingerprint density at radius 2 is 1.79 bits per heavy atom. The van der Waals surface area contributed by atoms with Gasteiger partial charge in [0.05, 0.1) is 17.9 Å². The van der Waals surface area contributed by atoms with Crippen molar-refractivity contribution < 1.29 is 13.6 Å². The fourth-order valence-electron chi connectivity index (χ4n) is 4.08. The molecule has 7 nitrogen and oxygen atoms in total. The van der Waals surface area contributed by atoms with Crippen molar-refractivity contribution in [3.63, 3.8) is 0 Å². The molecular weight excluding hydrogens is 438 g/mol. The molecule has 34 heavy (non-hydrogen) atoms. The molecule has 0 unspecified atom stereocenters. The highest BCUT2D eigenvalue weighted by Gasteiger charge is 2.28. The number of aryl methyl sites for hydroxylation is 1. The number of carbonyl (C=O) groups is 1. The van der Waals surface area contributed by atoms with Crippen molar-refractivity contribution in [3.8, 4) is 34.7 Å². The van der Waals surface area contributed by atoms with E-state index in [1.807, 2.05) is 11.8 Å². The second-order valence-electron chi connectivity index (χ2n) is 7.96. The summed E-state index contributed by atoms with van der Waals surface area (Å²) < 4.78 is 30.3. The van der Waals surface area contributed by atoms with Crippen molar-refractivity contribution >= 4 is 11.7 Å². The molecule has 174 valence electrons. The van der Waals surface area contributed by atoms with Crippen LogP contribution in [0.25, 0.3) is 22.4 Å². The number of amides is 1. The second-order valence-corrected chi connectivity index (χ2v) is 7.96. The number of nitrogens with zero attached hydrogens (tertiary/aromatic N) is 5. The third-order valence-electron chi connectivity index (χ3n) is 5.84. The van der Waals surface area contributed by atoms with Crippen molar-refractivity contribution in [2.45, 2.75) is 13.3 Å². The van der Waals surface area contributed by atoms with Crippen LogP contribution in [-0.4, -0.2) is 63.4 Å². The smallest absolute Gasteiger partial charge is 0.259 e. The quantitative estimate of drug-likeness (QED) is 0.587. The highest BCUT2D eigenvalue weighted by molar-refractivity contribution is 5.96. The van der Waals surface area contributed by atoms with Crippen LogP contribution in [0.5, 0.6) is 0 Å². The Balaban J connectivity index is 1.70. The maximum atomic E-state index is 15.2. The Morgan fingerprint density at radius 3 is 2.38 bits per heavy atom. The number of terminal acetylenes is 1. The topological polar surface area (TPSA) is 88.2 Å². The van der Waals surface area contributed by atoms with Gasteiger partial charge in [0, 0.05) is 49.1 Å². The van der Waals surface area contributed by atoms with Gasteiger partial charge < -0.3 is 10.6 Å². The Bertz CT molecular complexity index is 1220. The summed E-state index contributed by atoms with van der Waals surface area (Å²) in [5.74, 6) is 0.350. The summed E-state index contributed by atoms with van der Waals surface area (Å²) in [5.41, 5.74) is 7.66. The molecule has 1 aliphatic rings. The second kappa shape index (κ2) is 9.93. The van der Waals surface area contributed by atoms with E-state index in [0.717, 1.165) is 12.1 Å². The van der Waals surface area contributed by atoms with E-state index in [1.165, 1.54) is 11.2 Å². The van der Waals surface area contributed by atoms with Gasteiger partial charge in [0.1, 0.15) is 29.3 Å². The van der Waals surface area contributed by atoms with Crippen LogP contribution < -0.4 is 5.73 Å². The molecule has 0 atom stereocenters. The lowest BCUT2D eigenvalue weighted by Gasteiger charge is -2.33. The summed E-state index contributed by atoms with van der Waals surface area (Å²) >= 11 is 0. The lowest BCUT2D eigenvalue weighted by atomic mass is 9.96. The van der Waals surface area contributed by atoms with E-state index in [2.05, 4.69) is 20.9 Å². The van der Waals surface area contributed by atoms with E-state index in [4.69, 9.17) is 12.2 Å². The molecule has 3 aromatic rings. The summed E-state index contributed by atoms with van der Waals surface area (Å²) in [7, 11) is 0. The number of nitrogens with two attached hydrogens (primary N) is 1. The molecule has 2 aromatic heterocycles. The highest BCUT2D eigenvalue weighted by atomic mass is 19.1. The van der Waals surface area contributed by atoms with Crippen molar-refractivity contribution in [1.82, 2.24) is 24.8 Å². The SMILES string of the molecule is C#CCN1CCN(C(=O)c2c(F)cc(-c3ncnc(CC)c3-c3ccc(N)nc3)cc2F)CC1. The van der Waals surface area contributed by atoms with Crippen LogP contribution in [0, 0.1) is 24.0 Å². The largest absolute Gasteiger partial charge is 0.384 e. The van der Waals surface area contributed by atoms with Gasteiger partial charge in [-0.3, -0.25) is 9.69 Å². The number of anilines is 1. The Kier molecular flexibility index (Phi) is 6.80. The first-order chi connectivity index (χ1) is 16.4. The highest BCUT2D eigenvalue weighted by Crippen LogP contribution is 2.34. The molecule has 2 N–H and O–H groups in total. The summed E-state index contributed by atoms with van der Waals surface area (Å²) in [4.78, 5) is 29.1. The zero-order valence-corrected chi connectivity index (χ0v) is 18.8. The first-order valence-electron chi connectivity index (χ1n) is 10.9. The molecule has 0 bridgehead atoms. The van der Waals surface area contributed by atoms with E-state index in [0.29, 0.717) is 67.5 Å². The zero-order chi connectivity index (χ0) is 24.2. The lowest BCUT2D eigenvalue weighted by Crippen LogP contribution is -2.49. The van der Waals surface area contributed by atoms with E-state index in [1.54, 1.807) is 18.3 Å². The Morgan fingerprint density at radius 1 is 1.09 bits per heavy atom. The molecule has 1 aliphatic heterocycles. The van der Waals surface area contributed by atoms with E-state index >= 15 is 8.78 Å². The minimum Gasteiger partial charge on any atom is -0.384 e. The van der Waals surface area contributed by atoms with Gasteiger partial charge in [-0.2, -0.15) is 0 Å². The molecule has 1 aromatic carbocycles. The van der Waals surface area contributed by atoms with Crippen LogP contribution in [0.15, 0.2) is 36.8 Å². The summed E-state index contributed by atoms with van der Waals surface area (Å²) in [6.07, 6.45) is 8.83. The fraction of sp³-hybridized carbons (Fsp3) is 0.280. The monoisotopic (exact) mass is 462 g/mol. The van der Waals surface area contributed by atoms with E-state index < -0.39 is 23.1 Å². The minimum absolute atomic E-state index is 0.203. The maximum Gasteiger partial charge on any atom is 0.259 e. The standard InChI is InChI=1S/C25H24F2N6O/c1-3-7-32-8-10-33(11-9-32)25(34)23-18(26)12-17(13-19(23)27)24-22(20(4-2)30-15-31-24)16-5-6-21(28)29-14-16/h1,5-6,12-15H,4,7-11H2,2H3,(H2,28,29). The summed E-state index contributed by atoms with van der Waals surface area (Å²) in [5, 5.41) is 0. The molecule has 0 spiro atoms. The Labute approximate surface area is 196 Å². The predicted molar refractivity (Wildman–Crippen MR) is 126 cm³/mol. The van der Waals surface area contributed by atoms with Crippen LogP contribution in [0.4, 0.5) is 14.6 Å². The van der Waals surface area contributed by atoms with Gasteiger partial charge in [-0.15, -0.1) is 6.42 Å². The van der Waals surface area contributed by atoms with Gasteiger partial charge in [0.2, 0.25) is 0 Å². The first kappa shape index (κ1) is 23.3. The number of nitrogen functional groups attached to an aromatic ring is 1. The van der Waals surface area contributed by atoms with Gasteiger partial charge in [0.15, 0.2) is 0 Å². The lowest BCUT2D eigenvalue weighted by molar-refractivity contribution is 0.0642. The number of piperazine rings is 1. The number of rotatable bonds is 5. The van der Waals surface area contributed by atoms with Crippen LogP contribution >= 0.6 is 0 Å². The molecule has 0 radical (unpaired) electrons.